The number of amides is 1. The molecule has 0 bridgehead atoms. The number of hydrogen-bond donors (Lipinski definition) is 1. The first-order valence-corrected chi connectivity index (χ1v) is 7.96. The van der Waals surface area contributed by atoms with Gasteiger partial charge in [0.25, 0.3) is 0 Å². The molecule has 6 heteroatoms. The summed E-state index contributed by atoms with van der Waals surface area (Å²) in [5.41, 5.74) is 0. The molecule has 0 aliphatic carbocycles. The average molecular weight is 297 g/mol. The summed E-state index contributed by atoms with van der Waals surface area (Å²) in [5.74, 6) is -0.287. The second-order valence-corrected chi connectivity index (χ2v) is 6.59. The second-order valence-electron chi connectivity index (χ2n) is 4.19. The van der Waals surface area contributed by atoms with Gasteiger partial charge in [-0.15, -0.1) is 23.5 Å². The fourth-order valence-electron chi connectivity index (χ4n) is 1.95. The number of benzene rings is 1. The molecule has 102 valence electrons. The summed E-state index contributed by atoms with van der Waals surface area (Å²) in [6.07, 6.45) is 0. The van der Waals surface area contributed by atoms with Crippen molar-refractivity contribution < 1.29 is 14.7 Å². The van der Waals surface area contributed by atoms with Gasteiger partial charge in [-0.25, -0.2) is 4.79 Å². The summed E-state index contributed by atoms with van der Waals surface area (Å²) in [5, 5.41) is 9.06. The highest BCUT2D eigenvalue weighted by molar-refractivity contribution is 8.00. The quantitative estimate of drug-likeness (QED) is 0.863. The molecule has 2 unspecified atom stereocenters. The van der Waals surface area contributed by atoms with Gasteiger partial charge in [0.15, 0.2) is 0 Å². The molecule has 0 spiro atoms. The maximum atomic E-state index is 12.2. The third-order valence-corrected chi connectivity index (χ3v) is 5.12. The van der Waals surface area contributed by atoms with Gasteiger partial charge in [0.05, 0.1) is 11.1 Å². The summed E-state index contributed by atoms with van der Waals surface area (Å²) < 4.78 is 0. The third-order valence-electron chi connectivity index (χ3n) is 2.90. The molecule has 1 N–H and O–H groups in total. The first-order valence-electron chi connectivity index (χ1n) is 5.93. The van der Waals surface area contributed by atoms with E-state index in [2.05, 4.69) is 0 Å². The van der Waals surface area contributed by atoms with Crippen LogP contribution in [-0.4, -0.2) is 44.8 Å². The van der Waals surface area contributed by atoms with Gasteiger partial charge in [0, 0.05) is 10.6 Å². The average Bonchev–Trinajstić information content (AvgIpc) is 2.79. The van der Waals surface area contributed by atoms with Crippen LogP contribution in [0.5, 0.6) is 0 Å². The minimum absolute atomic E-state index is 0.0648. The molecule has 1 heterocycles. The van der Waals surface area contributed by atoms with Crippen molar-refractivity contribution >= 4 is 35.4 Å². The van der Waals surface area contributed by atoms with Crippen LogP contribution >= 0.6 is 23.5 Å². The number of thioether (sulfide) groups is 2. The van der Waals surface area contributed by atoms with E-state index in [4.69, 9.17) is 5.11 Å². The highest BCUT2D eigenvalue weighted by Crippen LogP contribution is 2.30. The zero-order chi connectivity index (χ0) is 13.8. The number of carboxylic acids is 1. The van der Waals surface area contributed by atoms with Gasteiger partial charge in [-0.2, -0.15) is 0 Å². The lowest BCUT2D eigenvalue weighted by molar-refractivity contribution is -0.147. The Bertz CT molecular complexity index is 466. The number of nitrogens with zero attached hydrogens (tertiary/aromatic N) is 1. The molecule has 1 aromatic carbocycles. The molecule has 1 aromatic rings. The van der Waals surface area contributed by atoms with Crippen LogP contribution in [0.1, 0.15) is 6.92 Å². The lowest BCUT2D eigenvalue weighted by atomic mass is 10.3. The van der Waals surface area contributed by atoms with Crippen LogP contribution in [0.4, 0.5) is 0 Å². The van der Waals surface area contributed by atoms with Crippen LogP contribution in [0, 0.1) is 0 Å². The lowest BCUT2D eigenvalue weighted by Crippen LogP contribution is -2.45. The van der Waals surface area contributed by atoms with Gasteiger partial charge in [-0.05, 0) is 19.1 Å². The number of rotatable bonds is 4. The molecule has 0 aromatic heterocycles. The van der Waals surface area contributed by atoms with Gasteiger partial charge >= 0.3 is 5.97 Å². The SMILES string of the molecule is CC1SCC(C(=O)O)N1C(=O)CSc1ccccc1. The van der Waals surface area contributed by atoms with E-state index in [0.717, 1.165) is 4.90 Å². The van der Waals surface area contributed by atoms with Crippen molar-refractivity contribution in [2.24, 2.45) is 0 Å². The molecule has 0 radical (unpaired) electrons. The number of hydrogen-bond acceptors (Lipinski definition) is 4. The van der Waals surface area contributed by atoms with E-state index in [1.807, 2.05) is 37.3 Å². The molecule has 1 saturated heterocycles. The standard InChI is InChI=1S/C13H15NO3S2/c1-9-14(11(7-18-9)13(16)17)12(15)8-19-10-5-3-2-4-6-10/h2-6,9,11H,7-8H2,1H3,(H,16,17). The van der Waals surface area contributed by atoms with E-state index in [1.54, 1.807) is 0 Å². The van der Waals surface area contributed by atoms with E-state index in [0.29, 0.717) is 5.75 Å². The first kappa shape index (κ1) is 14.3. The van der Waals surface area contributed by atoms with Gasteiger partial charge in [0.1, 0.15) is 6.04 Å². The predicted molar refractivity (Wildman–Crippen MR) is 77.4 cm³/mol. The van der Waals surface area contributed by atoms with Gasteiger partial charge < -0.3 is 10.0 Å². The molecule has 0 saturated carbocycles. The zero-order valence-electron chi connectivity index (χ0n) is 10.5. The van der Waals surface area contributed by atoms with E-state index in [9.17, 15) is 9.59 Å². The highest BCUT2D eigenvalue weighted by Gasteiger charge is 2.39. The minimum Gasteiger partial charge on any atom is -0.480 e. The minimum atomic E-state index is -0.921. The monoisotopic (exact) mass is 297 g/mol. The maximum absolute atomic E-state index is 12.2. The number of aliphatic carboxylic acids is 1. The van der Waals surface area contributed by atoms with Gasteiger partial charge in [-0.3, -0.25) is 4.79 Å². The molecular formula is C13H15NO3S2. The van der Waals surface area contributed by atoms with Gasteiger partial charge in [0.2, 0.25) is 5.91 Å². The van der Waals surface area contributed by atoms with E-state index in [1.165, 1.54) is 28.4 Å². The summed E-state index contributed by atoms with van der Waals surface area (Å²) in [6.45, 7) is 1.87. The van der Waals surface area contributed by atoms with Crippen LogP contribution in [-0.2, 0) is 9.59 Å². The van der Waals surface area contributed by atoms with Crippen LogP contribution in [0.3, 0.4) is 0 Å². The normalized spacial score (nSPS) is 22.5. The van der Waals surface area contributed by atoms with Crippen molar-refractivity contribution in [3.05, 3.63) is 30.3 Å². The topological polar surface area (TPSA) is 57.6 Å². The fraction of sp³-hybridized carbons (Fsp3) is 0.385. The Morgan fingerprint density at radius 3 is 2.74 bits per heavy atom. The van der Waals surface area contributed by atoms with E-state index >= 15 is 0 Å². The Morgan fingerprint density at radius 2 is 2.11 bits per heavy atom. The van der Waals surface area contributed by atoms with Crippen molar-refractivity contribution in [1.82, 2.24) is 4.90 Å². The van der Waals surface area contributed by atoms with Crippen LogP contribution in [0.15, 0.2) is 35.2 Å². The molecule has 1 fully saturated rings. The molecule has 4 nitrogen and oxygen atoms in total. The Morgan fingerprint density at radius 1 is 1.42 bits per heavy atom. The Kier molecular flexibility index (Phi) is 4.76. The Labute approximate surface area is 120 Å². The molecular weight excluding hydrogens is 282 g/mol. The summed E-state index contributed by atoms with van der Waals surface area (Å²) in [7, 11) is 0. The molecule has 19 heavy (non-hydrogen) atoms. The maximum Gasteiger partial charge on any atom is 0.327 e. The molecule has 1 aliphatic rings. The summed E-state index contributed by atoms with van der Waals surface area (Å²) in [6, 6.07) is 8.95. The van der Waals surface area contributed by atoms with Crippen LogP contribution in [0.25, 0.3) is 0 Å². The Hall–Kier alpha value is -1.14. The first-order chi connectivity index (χ1) is 9.09. The van der Waals surface area contributed by atoms with Crippen molar-refractivity contribution in [2.75, 3.05) is 11.5 Å². The smallest absolute Gasteiger partial charge is 0.327 e. The lowest BCUT2D eigenvalue weighted by Gasteiger charge is -2.24. The van der Waals surface area contributed by atoms with Crippen molar-refractivity contribution in [1.29, 1.82) is 0 Å². The van der Waals surface area contributed by atoms with Crippen molar-refractivity contribution in [3.8, 4) is 0 Å². The van der Waals surface area contributed by atoms with Crippen molar-refractivity contribution in [2.45, 2.75) is 23.2 Å². The molecule has 2 atom stereocenters. The van der Waals surface area contributed by atoms with Crippen LogP contribution < -0.4 is 0 Å². The summed E-state index contributed by atoms with van der Waals surface area (Å²) >= 11 is 2.94. The molecule has 1 aliphatic heterocycles. The largest absolute Gasteiger partial charge is 0.480 e. The zero-order valence-corrected chi connectivity index (χ0v) is 12.1. The van der Waals surface area contributed by atoms with Gasteiger partial charge in [-0.1, -0.05) is 18.2 Å². The second kappa shape index (κ2) is 6.34. The highest BCUT2D eigenvalue weighted by atomic mass is 32.2. The van der Waals surface area contributed by atoms with Crippen LogP contribution in [0.2, 0.25) is 0 Å². The summed E-state index contributed by atoms with van der Waals surface area (Å²) in [4.78, 5) is 25.8. The number of carboxylic acid groups (broad SMARTS) is 1. The van der Waals surface area contributed by atoms with E-state index < -0.39 is 12.0 Å². The predicted octanol–water partition coefficient (Wildman–Crippen LogP) is 2.15. The molecule has 1 amide bonds. The molecule has 2 rings (SSSR count). The third kappa shape index (κ3) is 3.45. The Balaban J connectivity index is 1.97. The van der Waals surface area contributed by atoms with E-state index in [-0.39, 0.29) is 17.0 Å². The number of carbonyl (C=O) groups excluding carboxylic acids is 1. The van der Waals surface area contributed by atoms with Crippen molar-refractivity contribution in [3.63, 3.8) is 0 Å². The fourth-order valence-corrected chi connectivity index (χ4v) is 3.93. The number of carbonyl (C=O) groups is 2.